The number of likely N-dealkylation sites (tertiary alicyclic amines) is 1. The number of alkyl halides is 3. The molecule has 2 aliphatic heterocycles. The van der Waals surface area contributed by atoms with Gasteiger partial charge < -0.3 is 20.9 Å². The van der Waals surface area contributed by atoms with E-state index in [1.807, 2.05) is 19.9 Å². The van der Waals surface area contributed by atoms with Gasteiger partial charge in [0.15, 0.2) is 0 Å². The van der Waals surface area contributed by atoms with Crippen LogP contribution in [-0.2, 0) is 19.2 Å². The molecule has 0 aromatic rings. The van der Waals surface area contributed by atoms with Gasteiger partial charge in [-0.2, -0.15) is 18.4 Å². The lowest BCUT2D eigenvalue weighted by atomic mass is 9.85. The van der Waals surface area contributed by atoms with E-state index < -0.39 is 53.4 Å². The highest BCUT2D eigenvalue weighted by Crippen LogP contribution is 2.65. The van der Waals surface area contributed by atoms with E-state index in [1.54, 1.807) is 5.32 Å². The van der Waals surface area contributed by atoms with Crippen LogP contribution in [0.15, 0.2) is 0 Å². The van der Waals surface area contributed by atoms with Gasteiger partial charge in [0, 0.05) is 19.0 Å². The van der Waals surface area contributed by atoms with Gasteiger partial charge in [0.2, 0.25) is 17.7 Å². The van der Waals surface area contributed by atoms with Crippen molar-refractivity contribution in [3.05, 3.63) is 0 Å². The molecule has 2 saturated heterocycles. The highest BCUT2D eigenvalue weighted by molar-refractivity contribution is 5.95. The summed E-state index contributed by atoms with van der Waals surface area (Å²) in [6.07, 6.45) is -4.49. The van der Waals surface area contributed by atoms with Gasteiger partial charge in [-0.15, -0.1) is 0 Å². The second-order valence-electron chi connectivity index (χ2n) is 11.4. The van der Waals surface area contributed by atoms with E-state index in [9.17, 15) is 37.6 Å². The number of halogens is 3. The van der Waals surface area contributed by atoms with E-state index >= 15 is 0 Å². The molecule has 0 unspecified atom stereocenters. The van der Waals surface area contributed by atoms with Gasteiger partial charge in [-0.1, -0.05) is 34.6 Å². The summed E-state index contributed by atoms with van der Waals surface area (Å²) in [5, 5.41) is 16.7. The van der Waals surface area contributed by atoms with Crippen LogP contribution < -0.4 is 16.0 Å². The zero-order valence-electron chi connectivity index (χ0n) is 20.5. The van der Waals surface area contributed by atoms with Crippen LogP contribution in [0.2, 0.25) is 0 Å². The SMILES string of the molecule is CC(C)(C)[C@H](NC(=O)C(F)(F)F)C(=O)N1C[C@H]2[C@@H]([C@H]1C(=O)N[C@@H](C#N)C[C@H]1CCNC1=O)C2(C)C. The quantitative estimate of drug-likeness (QED) is 0.504. The van der Waals surface area contributed by atoms with Crippen molar-refractivity contribution in [2.45, 2.75) is 71.8 Å². The Labute approximate surface area is 202 Å². The molecule has 0 bridgehead atoms. The summed E-state index contributed by atoms with van der Waals surface area (Å²) in [6, 6.07) is -1.48. The molecule has 12 heteroatoms. The average molecular weight is 500 g/mol. The smallest absolute Gasteiger partial charge is 0.356 e. The third-order valence-corrected chi connectivity index (χ3v) is 7.56. The Morgan fingerprint density at radius 2 is 1.86 bits per heavy atom. The molecule has 4 amide bonds. The van der Waals surface area contributed by atoms with Crippen LogP contribution in [0.1, 0.15) is 47.5 Å². The summed E-state index contributed by atoms with van der Waals surface area (Å²) in [7, 11) is 0. The predicted molar refractivity (Wildman–Crippen MR) is 117 cm³/mol. The fourth-order valence-corrected chi connectivity index (χ4v) is 5.40. The number of nitriles is 1. The zero-order valence-corrected chi connectivity index (χ0v) is 20.5. The lowest BCUT2D eigenvalue weighted by molar-refractivity contribution is -0.176. The zero-order chi connectivity index (χ0) is 26.5. The van der Waals surface area contributed by atoms with Crippen LogP contribution in [0.3, 0.4) is 0 Å². The van der Waals surface area contributed by atoms with Crippen LogP contribution in [-0.4, -0.2) is 65.9 Å². The molecule has 1 saturated carbocycles. The summed E-state index contributed by atoms with van der Waals surface area (Å²) in [5.41, 5.74) is -1.33. The Morgan fingerprint density at radius 3 is 2.34 bits per heavy atom. The van der Waals surface area contributed by atoms with Crippen molar-refractivity contribution in [1.29, 1.82) is 5.26 Å². The normalized spacial score (nSPS) is 28.9. The largest absolute Gasteiger partial charge is 0.471 e. The molecule has 0 radical (unpaired) electrons. The molecule has 9 nitrogen and oxygen atoms in total. The van der Waals surface area contributed by atoms with Crippen LogP contribution in [0, 0.1) is 39.9 Å². The second-order valence-corrected chi connectivity index (χ2v) is 11.4. The van der Waals surface area contributed by atoms with E-state index in [0.29, 0.717) is 13.0 Å². The molecule has 3 fully saturated rings. The summed E-state index contributed by atoms with van der Waals surface area (Å²) >= 11 is 0. The summed E-state index contributed by atoms with van der Waals surface area (Å²) in [4.78, 5) is 51.6. The second kappa shape index (κ2) is 8.99. The first-order valence-electron chi connectivity index (χ1n) is 11.7. The molecule has 194 valence electrons. The van der Waals surface area contributed by atoms with Gasteiger partial charge in [0.25, 0.3) is 0 Å². The van der Waals surface area contributed by atoms with Crippen molar-refractivity contribution in [1.82, 2.24) is 20.9 Å². The lowest BCUT2D eigenvalue weighted by Crippen LogP contribution is -2.61. The van der Waals surface area contributed by atoms with E-state index in [-0.39, 0.29) is 36.1 Å². The molecule has 2 heterocycles. The van der Waals surface area contributed by atoms with Gasteiger partial charge in [-0.25, -0.2) is 0 Å². The first-order valence-corrected chi connectivity index (χ1v) is 11.7. The van der Waals surface area contributed by atoms with E-state index in [2.05, 4.69) is 10.6 Å². The van der Waals surface area contributed by atoms with Crippen molar-refractivity contribution in [3.8, 4) is 6.07 Å². The maximum atomic E-state index is 13.5. The molecule has 3 aliphatic rings. The first-order chi connectivity index (χ1) is 16.0. The Balaban J connectivity index is 1.81. The number of amides is 4. The molecule has 6 atom stereocenters. The summed E-state index contributed by atoms with van der Waals surface area (Å²) in [6.45, 7) is 9.13. The number of carbonyl (C=O) groups excluding carboxylic acids is 4. The van der Waals surface area contributed by atoms with Crippen molar-refractivity contribution >= 4 is 23.6 Å². The minimum atomic E-state index is -5.16. The Bertz CT molecular complexity index is 952. The number of rotatable bonds is 6. The van der Waals surface area contributed by atoms with Crippen molar-refractivity contribution in [2.75, 3.05) is 13.1 Å². The average Bonchev–Trinajstić information content (AvgIpc) is 3.10. The van der Waals surface area contributed by atoms with Gasteiger partial charge in [-0.3, -0.25) is 19.2 Å². The minimum Gasteiger partial charge on any atom is -0.356 e. The molecule has 3 rings (SSSR count). The van der Waals surface area contributed by atoms with Crippen molar-refractivity contribution < 1.29 is 32.3 Å². The third kappa shape index (κ3) is 5.23. The molecule has 0 spiro atoms. The Morgan fingerprint density at radius 1 is 1.23 bits per heavy atom. The third-order valence-electron chi connectivity index (χ3n) is 7.56. The minimum absolute atomic E-state index is 0.0396. The highest BCUT2D eigenvalue weighted by Gasteiger charge is 2.70. The van der Waals surface area contributed by atoms with Crippen LogP contribution in [0.4, 0.5) is 13.2 Å². The van der Waals surface area contributed by atoms with E-state index in [4.69, 9.17) is 0 Å². The number of nitrogens with zero attached hydrogens (tertiary/aromatic N) is 2. The molecule has 35 heavy (non-hydrogen) atoms. The Kier molecular flexibility index (Phi) is 6.87. The number of fused-ring (bicyclic) bond motifs is 1. The summed E-state index contributed by atoms with van der Waals surface area (Å²) < 4.78 is 38.8. The molecule has 0 aromatic heterocycles. The highest BCUT2D eigenvalue weighted by atomic mass is 19.4. The fourth-order valence-electron chi connectivity index (χ4n) is 5.40. The molecule has 3 N–H and O–H groups in total. The van der Waals surface area contributed by atoms with Crippen LogP contribution in [0.5, 0.6) is 0 Å². The molecular formula is C23H32F3N5O4. The number of hydrogen-bond donors (Lipinski definition) is 3. The number of carbonyl (C=O) groups is 4. The number of hydrogen-bond acceptors (Lipinski definition) is 5. The van der Waals surface area contributed by atoms with E-state index in [1.165, 1.54) is 25.7 Å². The Hall–Kier alpha value is -2.84. The first kappa shape index (κ1) is 26.8. The standard InChI is InChI=1S/C23H32F3N5O4/c1-21(2,3)16(30-20(35)23(24,25)26)19(34)31-10-13-14(22(13,4)5)15(31)18(33)29-12(9-27)8-11-6-7-28-17(11)32/h11-16H,6-8,10H2,1-5H3,(H,28,32)(H,29,33)(H,30,35)/t11-,12-,13+,14+,15+,16-/m1/s1. The van der Waals surface area contributed by atoms with Gasteiger partial charge >= 0.3 is 12.1 Å². The maximum Gasteiger partial charge on any atom is 0.471 e. The van der Waals surface area contributed by atoms with Crippen LogP contribution in [0.25, 0.3) is 0 Å². The number of piperidine rings is 1. The number of nitrogens with one attached hydrogen (secondary N) is 3. The summed E-state index contributed by atoms with van der Waals surface area (Å²) in [5.74, 6) is -4.46. The van der Waals surface area contributed by atoms with Crippen molar-refractivity contribution in [2.24, 2.45) is 28.6 Å². The monoisotopic (exact) mass is 499 g/mol. The lowest BCUT2D eigenvalue weighted by Gasteiger charge is -2.37. The topological polar surface area (TPSA) is 131 Å². The molecule has 0 aromatic carbocycles. The van der Waals surface area contributed by atoms with Gasteiger partial charge in [0.05, 0.1) is 6.07 Å². The van der Waals surface area contributed by atoms with Crippen LogP contribution >= 0.6 is 0 Å². The van der Waals surface area contributed by atoms with Gasteiger partial charge in [0.1, 0.15) is 18.1 Å². The van der Waals surface area contributed by atoms with E-state index in [0.717, 1.165) is 0 Å². The predicted octanol–water partition coefficient (Wildman–Crippen LogP) is 1.10. The molecular weight excluding hydrogens is 467 g/mol. The fraction of sp³-hybridized carbons (Fsp3) is 0.783. The van der Waals surface area contributed by atoms with Crippen molar-refractivity contribution in [3.63, 3.8) is 0 Å². The maximum absolute atomic E-state index is 13.5. The van der Waals surface area contributed by atoms with Gasteiger partial charge in [-0.05, 0) is 35.5 Å². The molecule has 1 aliphatic carbocycles.